The highest BCUT2D eigenvalue weighted by Gasteiger charge is 2.44. The van der Waals surface area contributed by atoms with E-state index < -0.39 is 11.5 Å². The second-order valence-electron chi connectivity index (χ2n) is 6.16. The first-order valence-electron chi connectivity index (χ1n) is 7.48. The van der Waals surface area contributed by atoms with Crippen molar-refractivity contribution < 1.29 is 4.55 Å². The summed E-state index contributed by atoms with van der Waals surface area (Å²) in [5, 5.41) is 9.63. The lowest BCUT2D eigenvalue weighted by molar-refractivity contribution is 0.429. The zero-order valence-corrected chi connectivity index (χ0v) is 14.5. The lowest BCUT2D eigenvalue weighted by atomic mass is 10.0. The predicted molar refractivity (Wildman–Crippen MR) is 89.2 cm³/mol. The summed E-state index contributed by atoms with van der Waals surface area (Å²) < 4.78 is 13.2. The van der Waals surface area contributed by atoms with E-state index in [4.69, 9.17) is 16.7 Å². The summed E-state index contributed by atoms with van der Waals surface area (Å²) in [4.78, 5) is 4.57. The molecule has 1 heterocycles. The van der Waals surface area contributed by atoms with Gasteiger partial charge in [0.25, 0.3) is 0 Å². The Bertz CT molecular complexity index is 413. The fourth-order valence-electron chi connectivity index (χ4n) is 3.28. The van der Waals surface area contributed by atoms with Crippen molar-refractivity contribution >= 4 is 29.0 Å². The van der Waals surface area contributed by atoms with Crippen molar-refractivity contribution in [3.63, 3.8) is 0 Å². The molecule has 0 spiro atoms. The van der Waals surface area contributed by atoms with Crippen LogP contribution in [-0.4, -0.2) is 39.9 Å². The van der Waals surface area contributed by atoms with Crippen molar-refractivity contribution in [1.29, 1.82) is 0 Å². The molecule has 0 radical (unpaired) electrons. The lowest BCUT2D eigenvalue weighted by Crippen LogP contribution is -2.38. The number of hydrogen-bond donors (Lipinski definition) is 2. The molecule has 5 nitrogen and oxygen atoms in total. The maximum absolute atomic E-state index is 11.3. The van der Waals surface area contributed by atoms with E-state index in [0.29, 0.717) is 22.9 Å². The van der Waals surface area contributed by atoms with Gasteiger partial charge in [-0.05, 0) is 45.4 Å². The lowest BCUT2D eigenvalue weighted by Gasteiger charge is -2.20. The molecule has 3 unspecified atom stereocenters. The second kappa shape index (κ2) is 7.33. The van der Waals surface area contributed by atoms with Gasteiger partial charge in [0.05, 0.1) is 5.03 Å². The summed E-state index contributed by atoms with van der Waals surface area (Å²) in [7, 11) is 0. The molecule has 2 rings (SSSR count). The van der Waals surface area contributed by atoms with Crippen LogP contribution in [0.4, 0.5) is 0 Å². The Labute approximate surface area is 135 Å². The first-order chi connectivity index (χ1) is 9.90. The van der Waals surface area contributed by atoms with Crippen molar-refractivity contribution in [2.24, 2.45) is 22.0 Å². The van der Waals surface area contributed by atoms with Crippen molar-refractivity contribution in [2.75, 3.05) is 13.1 Å². The van der Waals surface area contributed by atoms with Crippen LogP contribution < -0.4 is 10.5 Å². The fourth-order valence-corrected chi connectivity index (χ4v) is 4.06. The highest BCUT2D eigenvalue weighted by Crippen LogP contribution is 2.38. The van der Waals surface area contributed by atoms with Crippen molar-refractivity contribution in [2.45, 2.75) is 45.7 Å². The van der Waals surface area contributed by atoms with E-state index in [0.717, 1.165) is 31.8 Å². The van der Waals surface area contributed by atoms with Gasteiger partial charge in [-0.2, -0.15) is 0 Å². The molecule has 1 saturated carbocycles. The molecule has 3 N–H and O–H groups in total. The van der Waals surface area contributed by atoms with E-state index in [1.807, 2.05) is 31.2 Å². The average molecular weight is 333 g/mol. The molecule has 120 valence electrons. The van der Waals surface area contributed by atoms with Crippen LogP contribution in [0.5, 0.6) is 0 Å². The van der Waals surface area contributed by atoms with Gasteiger partial charge in [-0.15, -0.1) is 9.44 Å². The van der Waals surface area contributed by atoms with Crippen LogP contribution in [-0.2, 0) is 11.5 Å². The van der Waals surface area contributed by atoms with Crippen LogP contribution >= 0.6 is 11.6 Å². The number of hydrogen-bond acceptors (Lipinski definition) is 4. The van der Waals surface area contributed by atoms with Crippen LogP contribution in [0, 0.1) is 11.8 Å². The van der Waals surface area contributed by atoms with Gasteiger partial charge in [0.2, 0.25) is 0 Å². The molecule has 0 aromatic carbocycles. The molecule has 3 atom stereocenters. The van der Waals surface area contributed by atoms with Gasteiger partial charge in [0, 0.05) is 25.2 Å². The van der Waals surface area contributed by atoms with Gasteiger partial charge >= 0.3 is 0 Å². The first-order valence-corrected chi connectivity index (χ1v) is 9.03. The third-order valence-corrected chi connectivity index (χ3v) is 5.38. The molecular weight excluding hydrogens is 308 g/mol. The molecule has 0 aromatic heterocycles. The Morgan fingerprint density at radius 2 is 2.00 bits per heavy atom. The van der Waals surface area contributed by atoms with Crippen LogP contribution in [0.25, 0.3) is 0 Å². The molecule has 0 amide bonds. The molecule has 21 heavy (non-hydrogen) atoms. The second-order valence-corrected chi connectivity index (χ2v) is 7.64. The van der Waals surface area contributed by atoms with Gasteiger partial charge in [-0.25, -0.2) is 0 Å². The summed E-state index contributed by atoms with van der Waals surface area (Å²) in [6, 6.07) is 0.594. The van der Waals surface area contributed by atoms with Gasteiger partial charge in [-0.1, -0.05) is 17.7 Å². The van der Waals surface area contributed by atoms with Gasteiger partial charge < -0.3 is 9.87 Å². The summed E-state index contributed by atoms with van der Waals surface area (Å²) in [5.41, 5.74) is 0. The number of nitrogens with one attached hydrogen (secondary N) is 1. The number of aliphatic imine (C=N–C) groups is 1. The quantitative estimate of drug-likeness (QED) is 0.467. The van der Waals surface area contributed by atoms with Gasteiger partial charge in [0.1, 0.15) is 17.4 Å². The number of allylic oxidation sites excluding steroid dienone is 1. The monoisotopic (exact) mass is 332 g/mol. The number of fused-ring (bicyclic) bond motifs is 1. The summed E-state index contributed by atoms with van der Waals surface area (Å²) >= 11 is 4.91. The molecule has 1 aliphatic heterocycles. The Kier molecular flexibility index (Phi) is 5.96. The Morgan fingerprint density at radius 3 is 2.43 bits per heavy atom. The molecule has 2 aliphatic rings. The van der Waals surface area contributed by atoms with E-state index in [-0.39, 0.29) is 6.04 Å². The van der Waals surface area contributed by atoms with E-state index in [2.05, 4.69) is 10.3 Å². The molecule has 0 bridgehead atoms. The Hall–Kier alpha value is -0.270. The molecule has 0 aromatic rings. The maximum Gasteiger partial charge on any atom is 0.140 e. The minimum Gasteiger partial charge on any atom is -0.579 e. The third-order valence-electron chi connectivity index (χ3n) is 4.18. The summed E-state index contributed by atoms with van der Waals surface area (Å²) in [6.45, 7) is 7.66. The minimum absolute atomic E-state index is 0.206. The third kappa shape index (κ3) is 4.36. The van der Waals surface area contributed by atoms with Crippen LogP contribution in [0.1, 0.15) is 33.6 Å². The number of nitrogens with two attached hydrogens (primary N) is 1. The van der Waals surface area contributed by atoms with E-state index >= 15 is 0 Å². The normalized spacial score (nSPS) is 32.6. The number of nitrogens with zero attached hydrogens (tertiary/aromatic N) is 2. The molecule has 2 fully saturated rings. The van der Waals surface area contributed by atoms with E-state index in [9.17, 15) is 4.55 Å². The first kappa shape index (κ1) is 17.1. The smallest absolute Gasteiger partial charge is 0.140 e. The van der Waals surface area contributed by atoms with Gasteiger partial charge in [0.15, 0.2) is 0 Å². The van der Waals surface area contributed by atoms with Crippen LogP contribution in [0.15, 0.2) is 16.1 Å². The minimum atomic E-state index is -1.33. The molecular formula is C14H25ClN4OS. The van der Waals surface area contributed by atoms with Crippen LogP contribution in [0.2, 0.25) is 0 Å². The molecule has 7 heteroatoms. The zero-order chi connectivity index (χ0) is 15.6. The summed E-state index contributed by atoms with van der Waals surface area (Å²) in [5.74, 6) is 1.93. The van der Waals surface area contributed by atoms with Crippen molar-refractivity contribution in [3.8, 4) is 0 Å². The molecule has 1 saturated heterocycles. The molecule has 1 aliphatic carbocycles. The van der Waals surface area contributed by atoms with E-state index in [1.165, 1.54) is 0 Å². The van der Waals surface area contributed by atoms with Crippen LogP contribution in [0.3, 0.4) is 0 Å². The zero-order valence-electron chi connectivity index (χ0n) is 12.9. The Morgan fingerprint density at radius 1 is 1.43 bits per heavy atom. The van der Waals surface area contributed by atoms with Crippen molar-refractivity contribution in [3.05, 3.63) is 11.1 Å². The highest BCUT2D eigenvalue weighted by molar-refractivity contribution is 7.86. The van der Waals surface area contributed by atoms with E-state index in [1.54, 1.807) is 0 Å². The number of amidine groups is 1. The SMILES string of the molecule is C/C=C(Cl)\C(=N/C(C)C)NC1CC2CN([S+](N)[O-])CC2C1. The standard InChI is InChI=1S/C14H25ClN4OS/c1-4-13(15)14(17-9(2)3)18-12-5-10-7-19(21(16)20)8-11(10)6-12/h4,9-12H,5-8,16H2,1-3H3,(H,17,18)/b13-4+. The fraction of sp³-hybridized carbons (Fsp3) is 0.786. The average Bonchev–Trinajstić information content (AvgIpc) is 2.94. The number of rotatable bonds is 4. The Balaban J connectivity index is 1.94. The topological polar surface area (TPSA) is 76.7 Å². The maximum atomic E-state index is 11.3. The highest BCUT2D eigenvalue weighted by atomic mass is 35.5. The van der Waals surface area contributed by atoms with Gasteiger partial charge in [-0.3, -0.25) is 4.99 Å². The largest absolute Gasteiger partial charge is 0.579 e. The predicted octanol–water partition coefficient (Wildman–Crippen LogP) is 1.77. The summed E-state index contributed by atoms with van der Waals surface area (Å²) in [6.07, 6.45) is 3.98. The number of halogens is 1. The van der Waals surface area contributed by atoms with Crippen molar-refractivity contribution in [1.82, 2.24) is 9.62 Å².